The highest BCUT2D eigenvalue weighted by atomic mass is 32.2. The number of fused-ring (bicyclic) bond motifs is 1. The lowest BCUT2D eigenvalue weighted by molar-refractivity contribution is -0.384. The summed E-state index contributed by atoms with van der Waals surface area (Å²) in [5.74, 6) is -0.123. The minimum Gasteiger partial charge on any atom is -0.307 e. The second-order valence-corrected chi connectivity index (χ2v) is 6.93. The van der Waals surface area contributed by atoms with E-state index in [0.29, 0.717) is 17.4 Å². The summed E-state index contributed by atoms with van der Waals surface area (Å²) in [6.07, 6.45) is 0.901. The van der Waals surface area contributed by atoms with Gasteiger partial charge in [-0.15, -0.1) is 11.8 Å². The molecule has 6 heteroatoms. The summed E-state index contributed by atoms with van der Waals surface area (Å²) in [6, 6.07) is 13.6. The number of benzene rings is 2. The van der Waals surface area contributed by atoms with Gasteiger partial charge in [-0.2, -0.15) is 0 Å². The highest BCUT2D eigenvalue weighted by molar-refractivity contribution is 8.00. The topological polar surface area (TPSA) is 63.5 Å². The zero-order valence-corrected chi connectivity index (χ0v) is 13.5. The Balaban J connectivity index is 1.94. The first-order valence-corrected chi connectivity index (χ1v) is 8.26. The third-order valence-electron chi connectivity index (χ3n) is 3.81. The summed E-state index contributed by atoms with van der Waals surface area (Å²) in [4.78, 5) is 26.0. The van der Waals surface area contributed by atoms with Crippen LogP contribution in [0.25, 0.3) is 0 Å². The van der Waals surface area contributed by atoms with Gasteiger partial charge in [0.1, 0.15) is 0 Å². The van der Waals surface area contributed by atoms with Crippen LogP contribution in [0.1, 0.15) is 23.7 Å². The monoisotopic (exact) mass is 328 g/mol. The van der Waals surface area contributed by atoms with Crippen LogP contribution in [-0.4, -0.2) is 22.6 Å². The van der Waals surface area contributed by atoms with Crippen molar-refractivity contribution in [1.82, 2.24) is 0 Å². The quantitative estimate of drug-likeness (QED) is 0.614. The second-order valence-electron chi connectivity index (χ2n) is 5.45. The summed E-state index contributed by atoms with van der Waals surface area (Å²) < 4.78 is 0. The number of hydrogen-bond acceptors (Lipinski definition) is 4. The van der Waals surface area contributed by atoms with Gasteiger partial charge in [-0.25, -0.2) is 0 Å². The predicted octanol–water partition coefficient (Wildman–Crippen LogP) is 4.13. The molecule has 0 N–H and O–H groups in total. The van der Waals surface area contributed by atoms with Gasteiger partial charge in [0.15, 0.2) is 0 Å². The van der Waals surface area contributed by atoms with Crippen molar-refractivity contribution in [3.05, 3.63) is 64.2 Å². The maximum atomic E-state index is 12.8. The fraction of sp³-hybridized carbons (Fsp3) is 0.235. The molecule has 118 valence electrons. The van der Waals surface area contributed by atoms with E-state index in [1.54, 1.807) is 16.7 Å². The molecule has 23 heavy (non-hydrogen) atoms. The Bertz CT molecular complexity index is 746. The SMILES string of the molecule is C[C@H]1CCN(C(=O)c2ccc([N+](=O)[O-])cc2)c2ccccc2S1. The summed E-state index contributed by atoms with van der Waals surface area (Å²) in [7, 11) is 0. The first-order valence-electron chi connectivity index (χ1n) is 7.38. The average molecular weight is 328 g/mol. The lowest BCUT2D eigenvalue weighted by atomic mass is 10.1. The molecule has 0 saturated carbocycles. The van der Waals surface area contributed by atoms with Gasteiger partial charge in [0.2, 0.25) is 0 Å². The smallest absolute Gasteiger partial charge is 0.269 e. The van der Waals surface area contributed by atoms with Crippen LogP contribution in [-0.2, 0) is 0 Å². The highest BCUT2D eigenvalue weighted by Crippen LogP contribution is 2.37. The van der Waals surface area contributed by atoms with E-state index in [9.17, 15) is 14.9 Å². The molecule has 5 nitrogen and oxygen atoms in total. The molecule has 0 spiro atoms. The normalized spacial score (nSPS) is 17.3. The van der Waals surface area contributed by atoms with Crippen molar-refractivity contribution in [2.24, 2.45) is 0 Å². The van der Waals surface area contributed by atoms with Crippen LogP contribution in [0.5, 0.6) is 0 Å². The number of nitrogens with zero attached hydrogens (tertiary/aromatic N) is 2. The van der Waals surface area contributed by atoms with Crippen LogP contribution in [0.3, 0.4) is 0 Å². The van der Waals surface area contributed by atoms with Gasteiger partial charge < -0.3 is 4.90 Å². The maximum absolute atomic E-state index is 12.8. The van der Waals surface area contributed by atoms with E-state index in [1.807, 2.05) is 24.3 Å². The number of anilines is 1. The van der Waals surface area contributed by atoms with E-state index in [4.69, 9.17) is 0 Å². The molecule has 0 radical (unpaired) electrons. The molecule has 1 heterocycles. The summed E-state index contributed by atoms with van der Waals surface area (Å²) in [6.45, 7) is 2.79. The number of thioether (sulfide) groups is 1. The van der Waals surface area contributed by atoms with Crippen molar-refractivity contribution in [3.8, 4) is 0 Å². The molecule has 0 aliphatic carbocycles. The summed E-state index contributed by atoms with van der Waals surface area (Å²) in [5, 5.41) is 11.2. The van der Waals surface area contributed by atoms with Crippen LogP contribution in [0.2, 0.25) is 0 Å². The van der Waals surface area contributed by atoms with E-state index in [-0.39, 0.29) is 11.6 Å². The number of para-hydroxylation sites is 1. The summed E-state index contributed by atoms with van der Waals surface area (Å²) >= 11 is 1.77. The minimum absolute atomic E-state index is 0.0120. The van der Waals surface area contributed by atoms with E-state index >= 15 is 0 Å². The number of rotatable bonds is 2. The van der Waals surface area contributed by atoms with E-state index in [2.05, 4.69) is 6.92 Å². The van der Waals surface area contributed by atoms with Crippen LogP contribution in [0, 0.1) is 10.1 Å². The first kappa shape index (κ1) is 15.6. The third-order valence-corrected chi connectivity index (χ3v) is 5.05. The first-order chi connectivity index (χ1) is 11.1. The lowest BCUT2D eigenvalue weighted by Crippen LogP contribution is -2.32. The molecular formula is C17H16N2O3S. The zero-order chi connectivity index (χ0) is 16.4. The average Bonchev–Trinajstić information content (AvgIpc) is 2.72. The molecule has 1 aliphatic rings. The van der Waals surface area contributed by atoms with E-state index in [1.165, 1.54) is 24.3 Å². The molecule has 1 aliphatic heterocycles. The molecule has 0 unspecified atom stereocenters. The van der Waals surface area contributed by atoms with Gasteiger partial charge in [-0.3, -0.25) is 14.9 Å². The number of hydrogen-bond donors (Lipinski definition) is 0. The van der Waals surface area contributed by atoms with Crippen molar-refractivity contribution in [1.29, 1.82) is 0 Å². The highest BCUT2D eigenvalue weighted by Gasteiger charge is 2.25. The van der Waals surface area contributed by atoms with Crippen molar-refractivity contribution in [2.45, 2.75) is 23.5 Å². The molecule has 0 aromatic heterocycles. The molecule has 3 rings (SSSR count). The van der Waals surface area contributed by atoms with Crippen molar-refractivity contribution >= 4 is 29.0 Å². The number of carbonyl (C=O) groups excluding carboxylic acids is 1. The third kappa shape index (κ3) is 3.22. The Morgan fingerprint density at radius 2 is 1.91 bits per heavy atom. The molecule has 0 bridgehead atoms. The molecule has 1 atom stereocenters. The standard InChI is InChI=1S/C17H16N2O3S/c1-12-10-11-18(15-4-2-3-5-16(15)23-12)17(20)13-6-8-14(9-7-13)19(21)22/h2-9,12H,10-11H2,1H3/t12-/m0/s1. The number of carbonyl (C=O) groups is 1. The Hall–Kier alpha value is -2.34. The Morgan fingerprint density at radius 1 is 1.22 bits per heavy atom. The minimum atomic E-state index is -0.464. The Kier molecular flexibility index (Phi) is 4.34. The van der Waals surface area contributed by atoms with Crippen LogP contribution >= 0.6 is 11.8 Å². The molecule has 0 saturated heterocycles. The van der Waals surface area contributed by atoms with Crippen LogP contribution < -0.4 is 4.90 Å². The fourth-order valence-corrected chi connectivity index (χ4v) is 3.69. The zero-order valence-electron chi connectivity index (χ0n) is 12.6. The molecular weight excluding hydrogens is 312 g/mol. The number of non-ortho nitro benzene ring substituents is 1. The van der Waals surface area contributed by atoms with E-state index in [0.717, 1.165) is 17.0 Å². The molecule has 0 fully saturated rings. The van der Waals surface area contributed by atoms with Crippen LogP contribution in [0.4, 0.5) is 11.4 Å². The predicted molar refractivity (Wildman–Crippen MR) is 91.2 cm³/mol. The molecule has 1 amide bonds. The van der Waals surface area contributed by atoms with Gasteiger partial charge in [-0.05, 0) is 30.7 Å². The van der Waals surface area contributed by atoms with Crippen molar-refractivity contribution in [2.75, 3.05) is 11.4 Å². The maximum Gasteiger partial charge on any atom is 0.269 e. The number of nitro benzene ring substituents is 1. The van der Waals surface area contributed by atoms with Gasteiger partial charge in [-0.1, -0.05) is 19.1 Å². The second kappa shape index (κ2) is 6.42. The largest absolute Gasteiger partial charge is 0.307 e. The molecule has 2 aromatic rings. The van der Waals surface area contributed by atoms with Gasteiger partial charge >= 0.3 is 0 Å². The Morgan fingerprint density at radius 3 is 2.61 bits per heavy atom. The van der Waals surface area contributed by atoms with Crippen molar-refractivity contribution < 1.29 is 9.72 Å². The Labute approximate surface area is 138 Å². The van der Waals surface area contributed by atoms with Crippen LogP contribution in [0.15, 0.2) is 53.4 Å². The van der Waals surface area contributed by atoms with Gasteiger partial charge in [0.25, 0.3) is 11.6 Å². The number of nitro groups is 1. The van der Waals surface area contributed by atoms with Gasteiger partial charge in [0.05, 0.1) is 10.6 Å². The van der Waals surface area contributed by atoms with Gasteiger partial charge in [0, 0.05) is 34.4 Å². The summed E-state index contributed by atoms with van der Waals surface area (Å²) in [5.41, 5.74) is 1.36. The fourth-order valence-electron chi connectivity index (χ4n) is 2.58. The lowest BCUT2D eigenvalue weighted by Gasteiger charge is -2.22. The molecule has 2 aromatic carbocycles. The number of amides is 1. The van der Waals surface area contributed by atoms with Crippen molar-refractivity contribution in [3.63, 3.8) is 0 Å². The van der Waals surface area contributed by atoms with E-state index < -0.39 is 4.92 Å².